The van der Waals surface area contributed by atoms with Crippen molar-refractivity contribution in [2.24, 2.45) is 0 Å². The molecule has 1 saturated heterocycles. The average Bonchev–Trinajstić information content (AvgIpc) is 2.80. The Morgan fingerprint density at radius 2 is 1.91 bits per heavy atom. The molecule has 116 valence electrons. The zero-order valence-electron chi connectivity index (χ0n) is 12.2. The van der Waals surface area contributed by atoms with Crippen molar-refractivity contribution in [2.45, 2.75) is 25.7 Å². The van der Waals surface area contributed by atoms with Crippen LogP contribution in [0.4, 0.5) is 11.5 Å². The van der Waals surface area contributed by atoms with Gasteiger partial charge in [0.2, 0.25) is 0 Å². The van der Waals surface area contributed by atoms with Crippen LogP contribution in [0, 0.1) is 0 Å². The number of amides is 1. The smallest absolute Gasteiger partial charge is 0.292 e. The van der Waals surface area contributed by atoms with Crippen molar-refractivity contribution in [1.29, 1.82) is 0 Å². The number of rotatable bonds is 3. The zero-order valence-corrected chi connectivity index (χ0v) is 13.8. The number of nitrogens with one attached hydrogen (secondary N) is 1. The highest BCUT2D eigenvalue weighted by Gasteiger charge is 2.13. The van der Waals surface area contributed by atoms with Crippen LogP contribution in [-0.2, 0) is 0 Å². The molecule has 3 heterocycles. The molecule has 1 fully saturated rings. The van der Waals surface area contributed by atoms with E-state index in [1.165, 1.54) is 25.7 Å². The topological polar surface area (TPSA) is 58.4 Å². The van der Waals surface area contributed by atoms with E-state index in [9.17, 15) is 4.79 Å². The van der Waals surface area contributed by atoms with Crippen LogP contribution in [0.15, 0.2) is 39.5 Å². The average molecular weight is 364 g/mol. The first-order chi connectivity index (χ1) is 10.7. The van der Waals surface area contributed by atoms with Crippen LogP contribution < -0.4 is 10.2 Å². The number of aromatic nitrogens is 1. The second-order valence-corrected chi connectivity index (χ2v) is 6.14. The third-order valence-electron chi connectivity index (χ3n) is 3.76. The molecule has 1 amide bonds. The Morgan fingerprint density at radius 3 is 2.50 bits per heavy atom. The lowest BCUT2D eigenvalue weighted by Crippen LogP contribution is -2.24. The lowest BCUT2D eigenvalue weighted by atomic mass is 10.2. The summed E-state index contributed by atoms with van der Waals surface area (Å²) in [6.07, 6.45) is 6.88. The maximum Gasteiger partial charge on any atom is 0.292 e. The van der Waals surface area contributed by atoms with Gasteiger partial charge in [0.15, 0.2) is 10.4 Å². The molecule has 5 nitrogen and oxygen atoms in total. The van der Waals surface area contributed by atoms with Gasteiger partial charge in [-0.3, -0.25) is 4.79 Å². The summed E-state index contributed by atoms with van der Waals surface area (Å²) in [6.45, 7) is 2.15. The number of halogens is 1. The van der Waals surface area contributed by atoms with Crippen molar-refractivity contribution in [3.05, 3.63) is 40.9 Å². The Hall–Kier alpha value is -1.82. The summed E-state index contributed by atoms with van der Waals surface area (Å²) >= 11 is 3.18. The van der Waals surface area contributed by atoms with Crippen LogP contribution in [-0.4, -0.2) is 24.0 Å². The minimum Gasteiger partial charge on any atom is -0.444 e. The number of pyridine rings is 1. The SMILES string of the molecule is O=C(Nc1ccc(N2CCCCCC2)cn1)c1ccc(Br)o1. The van der Waals surface area contributed by atoms with E-state index >= 15 is 0 Å². The molecule has 1 aliphatic rings. The molecule has 0 unspecified atom stereocenters. The molecule has 3 rings (SSSR count). The predicted molar refractivity (Wildman–Crippen MR) is 89.3 cm³/mol. The summed E-state index contributed by atoms with van der Waals surface area (Å²) in [6, 6.07) is 7.14. The van der Waals surface area contributed by atoms with Gasteiger partial charge in [0.25, 0.3) is 5.91 Å². The van der Waals surface area contributed by atoms with Crippen molar-refractivity contribution >= 4 is 33.3 Å². The van der Waals surface area contributed by atoms with Gasteiger partial charge in [-0.2, -0.15) is 0 Å². The minimum absolute atomic E-state index is 0.255. The lowest BCUT2D eigenvalue weighted by molar-refractivity contribution is 0.0995. The van der Waals surface area contributed by atoms with E-state index in [0.29, 0.717) is 10.5 Å². The highest BCUT2D eigenvalue weighted by molar-refractivity contribution is 9.10. The molecule has 0 spiro atoms. The quantitative estimate of drug-likeness (QED) is 0.892. The molecule has 0 saturated carbocycles. The van der Waals surface area contributed by atoms with Gasteiger partial charge in [0.05, 0.1) is 11.9 Å². The van der Waals surface area contributed by atoms with Crippen LogP contribution in [0.25, 0.3) is 0 Å². The second-order valence-electron chi connectivity index (χ2n) is 5.36. The number of hydrogen-bond donors (Lipinski definition) is 1. The summed E-state index contributed by atoms with van der Waals surface area (Å²) in [4.78, 5) is 18.7. The van der Waals surface area contributed by atoms with Crippen LogP contribution in [0.3, 0.4) is 0 Å². The van der Waals surface area contributed by atoms with E-state index in [1.807, 2.05) is 18.3 Å². The third-order valence-corrected chi connectivity index (χ3v) is 4.18. The Morgan fingerprint density at radius 1 is 1.14 bits per heavy atom. The van der Waals surface area contributed by atoms with Crippen molar-refractivity contribution < 1.29 is 9.21 Å². The number of furan rings is 1. The number of anilines is 2. The largest absolute Gasteiger partial charge is 0.444 e. The molecular formula is C16H18BrN3O2. The predicted octanol–water partition coefficient (Wildman–Crippen LogP) is 4.07. The van der Waals surface area contributed by atoms with Crippen LogP contribution in [0.5, 0.6) is 0 Å². The maximum atomic E-state index is 12.0. The Balaban J connectivity index is 1.64. The molecule has 0 aromatic carbocycles. The first-order valence-corrected chi connectivity index (χ1v) is 8.29. The molecular weight excluding hydrogens is 346 g/mol. The Kier molecular flexibility index (Phi) is 4.77. The standard InChI is InChI=1S/C16H18BrN3O2/c17-14-7-6-13(22-14)16(21)19-15-8-5-12(11-18-15)20-9-3-1-2-4-10-20/h5-8,11H,1-4,9-10H2,(H,18,19,21). The normalized spacial score (nSPS) is 15.4. The number of carbonyl (C=O) groups is 1. The fraction of sp³-hybridized carbons (Fsp3) is 0.375. The molecule has 1 aliphatic heterocycles. The van der Waals surface area contributed by atoms with Crippen molar-refractivity contribution in [1.82, 2.24) is 4.98 Å². The lowest BCUT2D eigenvalue weighted by Gasteiger charge is -2.22. The Labute approximate surface area is 137 Å². The van der Waals surface area contributed by atoms with Gasteiger partial charge in [-0.15, -0.1) is 0 Å². The summed E-state index contributed by atoms with van der Waals surface area (Å²) in [5.74, 6) is 0.474. The first-order valence-electron chi connectivity index (χ1n) is 7.50. The van der Waals surface area contributed by atoms with E-state index in [-0.39, 0.29) is 11.7 Å². The van der Waals surface area contributed by atoms with Crippen molar-refractivity contribution in [3.8, 4) is 0 Å². The summed E-state index contributed by atoms with van der Waals surface area (Å²) in [5.41, 5.74) is 1.11. The van der Waals surface area contributed by atoms with E-state index < -0.39 is 0 Å². The van der Waals surface area contributed by atoms with Gasteiger partial charge >= 0.3 is 0 Å². The van der Waals surface area contributed by atoms with Crippen molar-refractivity contribution in [2.75, 3.05) is 23.3 Å². The third kappa shape index (κ3) is 3.68. The molecule has 2 aromatic heterocycles. The minimum atomic E-state index is -0.305. The summed E-state index contributed by atoms with van der Waals surface area (Å²) in [7, 11) is 0. The molecule has 6 heteroatoms. The van der Waals surface area contributed by atoms with Crippen molar-refractivity contribution in [3.63, 3.8) is 0 Å². The van der Waals surface area contributed by atoms with E-state index in [4.69, 9.17) is 4.42 Å². The number of nitrogens with zero attached hydrogens (tertiary/aromatic N) is 2. The van der Waals surface area contributed by atoms with Gasteiger partial charge in [-0.05, 0) is 53.0 Å². The van der Waals surface area contributed by atoms with Crippen LogP contribution in [0.2, 0.25) is 0 Å². The molecule has 2 aromatic rings. The maximum absolute atomic E-state index is 12.0. The Bertz CT molecular complexity index is 631. The van der Waals surface area contributed by atoms with Gasteiger partial charge in [-0.1, -0.05) is 12.8 Å². The highest BCUT2D eigenvalue weighted by atomic mass is 79.9. The zero-order chi connectivity index (χ0) is 15.4. The van der Waals surface area contributed by atoms with Gasteiger partial charge in [0, 0.05) is 13.1 Å². The number of hydrogen-bond acceptors (Lipinski definition) is 4. The van der Waals surface area contributed by atoms with Gasteiger partial charge in [-0.25, -0.2) is 4.98 Å². The van der Waals surface area contributed by atoms with Crippen LogP contribution in [0.1, 0.15) is 36.2 Å². The van der Waals surface area contributed by atoms with E-state index in [0.717, 1.165) is 18.8 Å². The summed E-state index contributed by atoms with van der Waals surface area (Å²) in [5, 5.41) is 2.73. The van der Waals surface area contributed by atoms with Gasteiger partial charge < -0.3 is 14.6 Å². The fourth-order valence-electron chi connectivity index (χ4n) is 2.59. The molecule has 0 radical (unpaired) electrons. The monoisotopic (exact) mass is 363 g/mol. The highest BCUT2D eigenvalue weighted by Crippen LogP contribution is 2.20. The summed E-state index contributed by atoms with van der Waals surface area (Å²) < 4.78 is 5.75. The fourth-order valence-corrected chi connectivity index (χ4v) is 2.90. The first kappa shape index (κ1) is 15.1. The molecule has 1 N–H and O–H groups in total. The molecule has 0 atom stereocenters. The molecule has 0 aliphatic carbocycles. The van der Waals surface area contributed by atoms with Gasteiger partial charge in [0.1, 0.15) is 5.82 Å². The van der Waals surface area contributed by atoms with E-state index in [1.54, 1.807) is 12.1 Å². The van der Waals surface area contributed by atoms with Crippen LogP contribution >= 0.6 is 15.9 Å². The molecule has 22 heavy (non-hydrogen) atoms. The molecule has 0 bridgehead atoms. The number of carbonyl (C=O) groups excluding carboxylic acids is 1. The van der Waals surface area contributed by atoms with E-state index in [2.05, 4.69) is 31.1 Å². The second kappa shape index (κ2) is 6.96.